The number of benzene rings is 1. The average molecular weight is 219 g/mol. The highest BCUT2D eigenvalue weighted by Crippen LogP contribution is 2.24. The minimum atomic E-state index is -4.41. The van der Waals surface area contributed by atoms with E-state index in [-0.39, 0.29) is 5.69 Å². The lowest BCUT2D eigenvalue weighted by Gasteiger charge is -2.23. The van der Waals surface area contributed by atoms with Crippen molar-refractivity contribution in [2.75, 3.05) is 11.0 Å². The molecule has 8 heteroatoms. The Morgan fingerprint density at radius 2 is 2.00 bits per heavy atom. The highest BCUT2D eigenvalue weighted by atomic mass is 32.2. The Hall–Kier alpha value is -1.35. The molecule has 0 fully saturated rings. The summed E-state index contributed by atoms with van der Waals surface area (Å²) >= 11 is 0. The topological polar surface area (TPSA) is 127 Å². The molecule has 0 unspecified atom stereocenters. The molecule has 0 aliphatic carbocycles. The number of rotatable bonds is 2. The van der Waals surface area contributed by atoms with E-state index in [9.17, 15) is 13.6 Å². The molecule has 0 heterocycles. The molecule has 0 atom stereocenters. The van der Waals surface area contributed by atoms with Crippen LogP contribution in [0.1, 0.15) is 0 Å². The Labute approximate surface area is 79.7 Å². The second-order valence-electron chi connectivity index (χ2n) is 2.47. The molecule has 14 heavy (non-hydrogen) atoms. The highest BCUT2D eigenvalue weighted by Gasteiger charge is 2.11. The van der Waals surface area contributed by atoms with Gasteiger partial charge in [-0.2, -0.15) is 8.42 Å². The zero-order chi connectivity index (χ0) is 10.9. The van der Waals surface area contributed by atoms with E-state index in [0.29, 0.717) is 0 Å². The zero-order valence-corrected chi connectivity index (χ0v) is 7.60. The minimum Gasteiger partial charge on any atom is -0.733 e. The van der Waals surface area contributed by atoms with E-state index in [1.54, 1.807) is 0 Å². The van der Waals surface area contributed by atoms with Gasteiger partial charge in [0, 0.05) is 0 Å². The lowest BCUT2D eigenvalue weighted by molar-refractivity contribution is 0.297. The molecule has 7 nitrogen and oxygen atoms in total. The molecule has 0 aliphatic rings. The molecular formula is C6H7N2O5S-. The lowest BCUT2D eigenvalue weighted by Crippen LogP contribution is -2.11. The van der Waals surface area contributed by atoms with Gasteiger partial charge in [-0.15, -0.1) is 0 Å². The summed E-state index contributed by atoms with van der Waals surface area (Å²) in [6, 6.07) is 2.86. The van der Waals surface area contributed by atoms with Gasteiger partial charge >= 0.3 is 0 Å². The third kappa shape index (κ3) is 2.12. The molecule has 0 aliphatic heterocycles. The Morgan fingerprint density at radius 1 is 1.43 bits per heavy atom. The molecule has 0 saturated heterocycles. The number of nitrogens with zero attached hydrogens (tertiary/aromatic N) is 1. The van der Waals surface area contributed by atoms with Gasteiger partial charge in [-0.25, -0.2) is 0 Å². The predicted octanol–water partition coefficient (Wildman–Crippen LogP) is 0.209. The molecule has 0 aromatic heterocycles. The van der Waals surface area contributed by atoms with Crippen molar-refractivity contribution in [3.63, 3.8) is 0 Å². The van der Waals surface area contributed by atoms with E-state index < -0.39 is 25.9 Å². The summed E-state index contributed by atoms with van der Waals surface area (Å²) < 4.78 is 29.9. The molecule has 1 aromatic rings. The van der Waals surface area contributed by atoms with Crippen LogP contribution in [-0.4, -0.2) is 18.2 Å². The second-order valence-corrected chi connectivity index (χ2v) is 3.89. The number of nitrogens with two attached hydrogens (primary N) is 1. The van der Waals surface area contributed by atoms with Crippen molar-refractivity contribution in [3.8, 4) is 0 Å². The Bertz CT molecular complexity index is 442. The first kappa shape index (κ1) is 10.7. The molecule has 78 valence electrons. The maximum absolute atomic E-state index is 10.6. The summed E-state index contributed by atoms with van der Waals surface area (Å²) in [4.78, 5) is -0.517. The normalized spacial score (nSPS) is 11.4. The van der Waals surface area contributed by atoms with Crippen LogP contribution in [0.5, 0.6) is 0 Å². The molecule has 1 aromatic carbocycles. The summed E-state index contributed by atoms with van der Waals surface area (Å²) in [5.74, 6) is 0. The molecule has 0 spiro atoms. The van der Waals surface area contributed by atoms with Gasteiger partial charge in [-0.3, -0.25) is 9.76 Å². The van der Waals surface area contributed by atoms with Gasteiger partial charge in [0.05, 0.1) is 16.3 Å². The average Bonchev–Trinajstić information content (AvgIpc) is 2.02. The van der Waals surface area contributed by atoms with Crippen molar-refractivity contribution in [1.29, 1.82) is 0 Å². The van der Waals surface area contributed by atoms with Gasteiger partial charge in [0.1, 0.15) is 0 Å². The van der Waals surface area contributed by atoms with Crippen LogP contribution in [0, 0.1) is 5.21 Å². The monoisotopic (exact) mass is 219 g/mol. The predicted molar refractivity (Wildman–Crippen MR) is 48.3 cm³/mol. The molecule has 4 N–H and O–H groups in total. The standard InChI is InChI=1S/C6H7N2O5S/c7-5-2-1-4(14(11,12)13)3-6(5)8(9)10/h1-3,9H,7H2,(H,11,12,13)/q-1. The van der Waals surface area contributed by atoms with Gasteiger partial charge in [-0.05, 0) is 18.2 Å². The van der Waals surface area contributed by atoms with E-state index in [4.69, 9.17) is 15.5 Å². The molecule has 0 radical (unpaired) electrons. The fourth-order valence-corrected chi connectivity index (χ4v) is 1.35. The first-order valence-corrected chi connectivity index (χ1v) is 4.79. The van der Waals surface area contributed by atoms with E-state index in [1.165, 1.54) is 0 Å². The Kier molecular flexibility index (Phi) is 2.62. The molecule has 0 saturated carbocycles. The van der Waals surface area contributed by atoms with Gasteiger partial charge in [0.25, 0.3) is 10.1 Å². The quantitative estimate of drug-likeness (QED) is 0.368. The van der Waals surface area contributed by atoms with Crippen LogP contribution >= 0.6 is 0 Å². The van der Waals surface area contributed by atoms with Crippen LogP contribution < -0.4 is 11.0 Å². The maximum Gasteiger partial charge on any atom is 0.294 e. The lowest BCUT2D eigenvalue weighted by atomic mass is 10.3. The number of nitrogen functional groups attached to an aromatic ring is 1. The van der Waals surface area contributed by atoms with Crippen molar-refractivity contribution in [2.24, 2.45) is 0 Å². The van der Waals surface area contributed by atoms with E-state index in [0.717, 1.165) is 18.2 Å². The van der Waals surface area contributed by atoms with E-state index in [1.807, 2.05) is 0 Å². The summed E-state index contributed by atoms with van der Waals surface area (Å²) in [6.07, 6.45) is 0. The van der Waals surface area contributed by atoms with Crippen LogP contribution in [0.25, 0.3) is 0 Å². The number of anilines is 2. The van der Waals surface area contributed by atoms with Crippen molar-refractivity contribution < 1.29 is 18.2 Å². The summed E-state index contributed by atoms with van der Waals surface area (Å²) in [5, 5.41) is 18.4. The zero-order valence-electron chi connectivity index (χ0n) is 6.78. The van der Waals surface area contributed by atoms with Crippen LogP contribution in [0.2, 0.25) is 0 Å². The van der Waals surface area contributed by atoms with Gasteiger partial charge in [-0.1, -0.05) is 0 Å². The third-order valence-corrected chi connectivity index (χ3v) is 2.36. The first-order valence-electron chi connectivity index (χ1n) is 3.35. The van der Waals surface area contributed by atoms with E-state index in [2.05, 4.69) is 0 Å². The second kappa shape index (κ2) is 3.42. The Balaban J connectivity index is 3.34. The molecular weight excluding hydrogens is 212 g/mol. The van der Waals surface area contributed by atoms with Crippen molar-refractivity contribution in [1.82, 2.24) is 0 Å². The SMILES string of the molecule is Nc1ccc(S(=O)(=O)O)cc1N([O-])O. The maximum atomic E-state index is 10.6. The summed E-state index contributed by atoms with van der Waals surface area (Å²) in [7, 11) is -4.41. The van der Waals surface area contributed by atoms with Crippen LogP contribution in [0.4, 0.5) is 11.4 Å². The van der Waals surface area contributed by atoms with Crippen molar-refractivity contribution in [3.05, 3.63) is 23.4 Å². The highest BCUT2D eigenvalue weighted by molar-refractivity contribution is 7.85. The van der Waals surface area contributed by atoms with Crippen molar-refractivity contribution >= 4 is 21.5 Å². The molecule has 0 bridgehead atoms. The summed E-state index contributed by atoms with van der Waals surface area (Å²) in [5.41, 5.74) is 4.71. The first-order chi connectivity index (χ1) is 6.32. The van der Waals surface area contributed by atoms with Gasteiger partial charge < -0.3 is 16.2 Å². The third-order valence-electron chi connectivity index (χ3n) is 1.51. The number of hydrogen-bond donors (Lipinski definition) is 3. The number of hydrogen-bond acceptors (Lipinski definition) is 6. The minimum absolute atomic E-state index is 0.102. The Morgan fingerprint density at radius 3 is 2.43 bits per heavy atom. The largest absolute Gasteiger partial charge is 0.733 e. The molecule has 1 rings (SSSR count). The van der Waals surface area contributed by atoms with Gasteiger partial charge in [0.15, 0.2) is 0 Å². The van der Waals surface area contributed by atoms with Gasteiger partial charge in [0.2, 0.25) is 0 Å². The summed E-state index contributed by atoms with van der Waals surface area (Å²) in [6.45, 7) is 0. The van der Waals surface area contributed by atoms with Crippen LogP contribution in [0.3, 0.4) is 0 Å². The fourth-order valence-electron chi connectivity index (χ4n) is 0.850. The molecule has 0 amide bonds. The van der Waals surface area contributed by atoms with Crippen LogP contribution in [0.15, 0.2) is 23.1 Å². The van der Waals surface area contributed by atoms with Crippen LogP contribution in [-0.2, 0) is 10.1 Å². The van der Waals surface area contributed by atoms with E-state index >= 15 is 0 Å². The smallest absolute Gasteiger partial charge is 0.294 e. The fraction of sp³-hybridized carbons (Fsp3) is 0. The van der Waals surface area contributed by atoms with Crippen molar-refractivity contribution in [2.45, 2.75) is 4.90 Å².